The second-order valence-electron chi connectivity index (χ2n) is 3.29. The molecule has 2 aromatic rings. The number of aromatic nitrogens is 1. The van der Waals surface area contributed by atoms with Crippen LogP contribution in [0.3, 0.4) is 0 Å². The topological polar surface area (TPSA) is 65.2 Å². The number of nitrogen functional groups attached to an aromatic ring is 1. The van der Waals surface area contributed by atoms with Crippen molar-refractivity contribution in [3.05, 3.63) is 53.2 Å². The molecule has 0 aliphatic carbocycles. The van der Waals surface area contributed by atoms with Crippen molar-refractivity contribution in [3.63, 3.8) is 0 Å². The van der Waals surface area contributed by atoms with Crippen LogP contribution in [-0.2, 0) is 0 Å². The molecule has 0 aliphatic rings. The summed E-state index contributed by atoms with van der Waals surface area (Å²) in [4.78, 5) is 15.7. The summed E-state index contributed by atoms with van der Waals surface area (Å²) in [6, 6.07) is 9.65. The van der Waals surface area contributed by atoms with Crippen LogP contribution in [0.5, 0.6) is 5.88 Å². The Hall–Kier alpha value is -2.07. The Balaban J connectivity index is 2.23. The third kappa shape index (κ3) is 2.73. The van der Waals surface area contributed by atoms with E-state index in [1.807, 2.05) is 0 Å². The smallest absolute Gasteiger partial charge is 0.347 e. The Labute approximate surface area is 103 Å². The van der Waals surface area contributed by atoms with Crippen LogP contribution >= 0.6 is 11.6 Å². The molecule has 0 saturated heterocycles. The highest BCUT2D eigenvalue weighted by Crippen LogP contribution is 2.19. The molecule has 1 aromatic carbocycles. The maximum atomic E-state index is 11.8. The number of hydrogen-bond donors (Lipinski definition) is 1. The number of anilines is 1. The predicted molar refractivity (Wildman–Crippen MR) is 65.1 cm³/mol. The lowest BCUT2D eigenvalue weighted by atomic mass is 10.2. The Kier molecular flexibility index (Phi) is 3.25. The van der Waals surface area contributed by atoms with Crippen molar-refractivity contribution >= 4 is 23.3 Å². The summed E-state index contributed by atoms with van der Waals surface area (Å²) in [6.07, 6.45) is 1.53. The number of carbonyl (C=O) groups excluding carboxylic acids is 1. The number of nitrogens with two attached hydrogens (primary N) is 1. The van der Waals surface area contributed by atoms with Crippen molar-refractivity contribution in [3.8, 4) is 5.88 Å². The van der Waals surface area contributed by atoms with Crippen LogP contribution in [-0.4, -0.2) is 11.0 Å². The molecule has 17 heavy (non-hydrogen) atoms. The van der Waals surface area contributed by atoms with Crippen LogP contribution in [0.15, 0.2) is 42.6 Å². The molecule has 0 bridgehead atoms. The van der Waals surface area contributed by atoms with E-state index in [1.54, 1.807) is 30.3 Å². The number of halogens is 1. The third-order valence-corrected chi connectivity index (χ3v) is 2.31. The van der Waals surface area contributed by atoms with Gasteiger partial charge in [-0.1, -0.05) is 17.7 Å². The largest absolute Gasteiger partial charge is 0.404 e. The summed E-state index contributed by atoms with van der Waals surface area (Å²) >= 11 is 5.78. The second-order valence-corrected chi connectivity index (χ2v) is 3.73. The van der Waals surface area contributed by atoms with Gasteiger partial charge in [0.25, 0.3) is 0 Å². The number of esters is 1. The standard InChI is InChI=1S/C12H9ClN2O2/c13-8-4-5-10(14)9(7-8)12(16)17-11-3-1-2-6-15-11/h1-7H,14H2. The number of nitrogens with zero attached hydrogens (tertiary/aromatic N) is 1. The van der Waals surface area contributed by atoms with Crippen molar-refractivity contribution < 1.29 is 9.53 Å². The van der Waals surface area contributed by atoms with Crippen molar-refractivity contribution in [2.75, 3.05) is 5.73 Å². The number of hydrogen-bond acceptors (Lipinski definition) is 4. The van der Waals surface area contributed by atoms with E-state index < -0.39 is 5.97 Å². The van der Waals surface area contributed by atoms with Gasteiger partial charge in [0, 0.05) is 23.0 Å². The van der Waals surface area contributed by atoms with E-state index >= 15 is 0 Å². The maximum Gasteiger partial charge on any atom is 0.347 e. The van der Waals surface area contributed by atoms with E-state index in [4.69, 9.17) is 22.1 Å². The predicted octanol–water partition coefficient (Wildman–Crippen LogP) is 2.54. The Morgan fingerprint density at radius 3 is 2.82 bits per heavy atom. The minimum Gasteiger partial charge on any atom is -0.404 e. The van der Waals surface area contributed by atoms with E-state index in [2.05, 4.69) is 4.98 Å². The lowest BCUT2D eigenvalue weighted by molar-refractivity contribution is 0.0728. The molecule has 1 heterocycles. The van der Waals surface area contributed by atoms with Gasteiger partial charge < -0.3 is 10.5 Å². The number of rotatable bonds is 2. The van der Waals surface area contributed by atoms with Gasteiger partial charge in [0.05, 0.1) is 5.56 Å². The molecule has 0 radical (unpaired) electrons. The second kappa shape index (κ2) is 4.84. The minimum absolute atomic E-state index is 0.219. The Bertz CT molecular complexity index is 543. The van der Waals surface area contributed by atoms with Crippen LogP contribution in [0.4, 0.5) is 5.69 Å². The fraction of sp³-hybridized carbons (Fsp3) is 0. The summed E-state index contributed by atoms with van der Waals surface area (Å²) in [7, 11) is 0. The van der Waals surface area contributed by atoms with Crippen molar-refractivity contribution in [1.29, 1.82) is 0 Å². The van der Waals surface area contributed by atoms with Crippen molar-refractivity contribution in [2.24, 2.45) is 0 Å². The lowest BCUT2D eigenvalue weighted by Crippen LogP contribution is -2.11. The molecule has 0 fully saturated rings. The molecule has 5 heteroatoms. The molecule has 4 nitrogen and oxygen atoms in total. The maximum absolute atomic E-state index is 11.8. The first kappa shape index (κ1) is 11.4. The molecule has 86 valence electrons. The van der Waals surface area contributed by atoms with E-state index in [0.717, 1.165) is 0 Å². The molecule has 2 rings (SSSR count). The summed E-state index contributed by atoms with van der Waals surface area (Å²) < 4.78 is 5.05. The Morgan fingerprint density at radius 2 is 2.12 bits per heavy atom. The van der Waals surface area contributed by atoms with Gasteiger partial charge in [0.1, 0.15) is 0 Å². The molecule has 0 spiro atoms. The molecular weight excluding hydrogens is 240 g/mol. The first-order valence-corrected chi connectivity index (χ1v) is 5.23. The van der Waals surface area contributed by atoms with Gasteiger partial charge >= 0.3 is 5.97 Å². The third-order valence-electron chi connectivity index (χ3n) is 2.07. The van der Waals surface area contributed by atoms with Crippen molar-refractivity contribution in [2.45, 2.75) is 0 Å². The zero-order valence-corrected chi connectivity index (χ0v) is 9.52. The van der Waals surface area contributed by atoms with Gasteiger partial charge in [-0.3, -0.25) is 0 Å². The number of pyridine rings is 1. The number of ether oxygens (including phenoxy) is 1. The highest BCUT2D eigenvalue weighted by atomic mass is 35.5. The van der Waals surface area contributed by atoms with E-state index in [-0.39, 0.29) is 11.4 Å². The molecule has 0 unspecified atom stereocenters. The summed E-state index contributed by atoms with van der Waals surface area (Å²) in [6.45, 7) is 0. The normalized spacial score (nSPS) is 9.94. The highest BCUT2D eigenvalue weighted by molar-refractivity contribution is 6.31. The van der Waals surface area contributed by atoms with E-state index in [9.17, 15) is 4.79 Å². The molecule has 0 amide bonds. The molecule has 1 aromatic heterocycles. The van der Waals surface area contributed by atoms with Gasteiger partial charge in [-0.2, -0.15) is 0 Å². The molecule has 0 saturated carbocycles. The van der Waals surface area contributed by atoms with Crippen molar-refractivity contribution in [1.82, 2.24) is 4.98 Å². The van der Waals surface area contributed by atoms with Gasteiger partial charge in [-0.25, -0.2) is 9.78 Å². The van der Waals surface area contributed by atoms with Crippen LogP contribution in [0.1, 0.15) is 10.4 Å². The van der Waals surface area contributed by atoms with Gasteiger partial charge in [-0.15, -0.1) is 0 Å². The van der Waals surface area contributed by atoms with Crippen LogP contribution in [0.2, 0.25) is 5.02 Å². The number of carbonyl (C=O) groups is 1. The zero-order valence-electron chi connectivity index (χ0n) is 8.76. The van der Waals surface area contributed by atoms with Crippen LogP contribution in [0.25, 0.3) is 0 Å². The fourth-order valence-electron chi connectivity index (χ4n) is 1.26. The van der Waals surface area contributed by atoms with Crippen LogP contribution < -0.4 is 10.5 Å². The molecule has 2 N–H and O–H groups in total. The molecular formula is C12H9ClN2O2. The lowest BCUT2D eigenvalue weighted by Gasteiger charge is -2.05. The van der Waals surface area contributed by atoms with Gasteiger partial charge in [-0.05, 0) is 24.3 Å². The molecule has 0 atom stereocenters. The van der Waals surface area contributed by atoms with E-state index in [0.29, 0.717) is 10.7 Å². The van der Waals surface area contributed by atoms with Gasteiger partial charge in [0.2, 0.25) is 5.88 Å². The summed E-state index contributed by atoms with van der Waals surface area (Å²) in [5.74, 6) is -0.361. The first-order valence-electron chi connectivity index (χ1n) is 4.85. The van der Waals surface area contributed by atoms with Gasteiger partial charge in [0.15, 0.2) is 0 Å². The summed E-state index contributed by atoms with van der Waals surface area (Å²) in [5.41, 5.74) is 6.20. The minimum atomic E-state index is -0.580. The highest BCUT2D eigenvalue weighted by Gasteiger charge is 2.13. The average molecular weight is 249 g/mol. The SMILES string of the molecule is Nc1ccc(Cl)cc1C(=O)Oc1ccccn1. The van der Waals surface area contributed by atoms with E-state index in [1.165, 1.54) is 12.3 Å². The fourth-order valence-corrected chi connectivity index (χ4v) is 1.43. The number of benzene rings is 1. The quantitative estimate of drug-likeness (QED) is 0.655. The monoisotopic (exact) mass is 248 g/mol. The zero-order chi connectivity index (χ0) is 12.3. The average Bonchev–Trinajstić information content (AvgIpc) is 2.33. The molecule has 0 aliphatic heterocycles. The summed E-state index contributed by atoms with van der Waals surface area (Å²) in [5, 5.41) is 0.423. The van der Waals surface area contributed by atoms with Crippen LogP contribution in [0, 0.1) is 0 Å². The first-order chi connectivity index (χ1) is 8.16. The Morgan fingerprint density at radius 1 is 1.29 bits per heavy atom.